The molecule has 2 aromatic carbocycles. The van der Waals surface area contributed by atoms with Gasteiger partial charge in [0.2, 0.25) is 0 Å². The zero-order valence-corrected chi connectivity index (χ0v) is 16.3. The molecule has 4 aromatic rings. The van der Waals surface area contributed by atoms with Crippen molar-refractivity contribution in [3.8, 4) is 23.1 Å². The molecule has 0 atom stereocenters. The lowest BCUT2D eigenvalue weighted by Crippen LogP contribution is -1.94. The van der Waals surface area contributed by atoms with Crippen molar-refractivity contribution in [2.24, 2.45) is 0 Å². The van der Waals surface area contributed by atoms with Gasteiger partial charge < -0.3 is 9.46 Å². The lowest BCUT2D eigenvalue weighted by molar-refractivity contribution is 0.416. The normalized spacial score (nSPS) is 10.6. The van der Waals surface area contributed by atoms with Crippen LogP contribution in [-0.4, -0.2) is 17.1 Å². The van der Waals surface area contributed by atoms with Crippen molar-refractivity contribution in [3.05, 3.63) is 65.6 Å². The first-order valence-electron chi connectivity index (χ1n) is 8.18. The third kappa shape index (κ3) is 3.50. The average Bonchev–Trinajstić information content (AvgIpc) is 3.26. The van der Waals surface area contributed by atoms with Crippen molar-refractivity contribution >= 4 is 39.2 Å². The highest BCUT2D eigenvalue weighted by atomic mass is 32.2. The molecule has 5 nitrogen and oxygen atoms in total. The molecule has 2 aromatic heterocycles. The van der Waals surface area contributed by atoms with E-state index in [1.807, 2.05) is 17.5 Å². The maximum atomic E-state index is 14.5. The van der Waals surface area contributed by atoms with Gasteiger partial charge in [-0.2, -0.15) is 5.26 Å². The van der Waals surface area contributed by atoms with Crippen LogP contribution >= 0.6 is 23.3 Å². The summed E-state index contributed by atoms with van der Waals surface area (Å²) in [5, 5.41) is 12.9. The Morgan fingerprint density at radius 3 is 2.82 bits per heavy atom. The van der Waals surface area contributed by atoms with Gasteiger partial charge in [0.15, 0.2) is 5.13 Å². The number of nitrogens with one attached hydrogen (secondary N) is 1. The second-order valence-corrected chi connectivity index (χ2v) is 7.50. The quantitative estimate of drug-likeness (QED) is 0.440. The molecule has 0 spiro atoms. The Bertz CT molecular complexity index is 1190. The second-order valence-electron chi connectivity index (χ2n) is 5.73. The zero-order chi connectivity index (χ0) is 19.5. The topological polar surface area (TPSA) is 70.8 Å². The Balaban J connectivity index is 1.77. The maximum Gasteiger partial charge on any atom is 0.192 e. The van der Waals surface area contributed by atoms with Crippen LogP contribution in [0, 0.1) is 17.1 Å². The molecule has 28 heavy (non-hydrogen) atoms. The first-order valence-corrected chi connectivity index (χ1v) is 9.88. The SMILES string of the molecule is COc1cc(C#N)ccc1-c1ncc(F)c2cc(SNc3nccs3)ccc12. The van der Waals surface area contributed by atoms with E-state index in [2.05, 4.69) is 20.8 Å². The van der Waals surface area contributed by atoms with Gasteiger partial charge in [-0.05, 0) is 42.3 Å². The molecule has 0 aliphatic rings. The number of rotatable bonds is 5. The first kappa shape index (κ1) is 18.2. The van der Waals surface area contributed by atoms with Crippen LogP contribution in [0.25, 0.3) is 22.0 Å². The maximum absolute atomic E-state index is 14.5. The van der Waals surface area contributed by atoms with Gasteiger partial charge in [-0.3, -0.25) is 4.98 Å². The summed E-state index contributed by atoms with van der Waals surface area (Å²) < 4.78 is 23.1. The number of anilines is 1. The lowest BCUT2D eigenvalue weighted by atomic mass is 10.0. The van der Waals surface area contributed by atoms with E-state index in [1.54, 1.807) is 30.5 Å². The van der Waals surface area contributed by atoms with Gasteiger partial charge in [-0.15, -0.1) is 11.3 Å². The Labute approximate surface area is 169 Å². The molecule has 0 saturated heterocycles. The van der Waals surface area contributed by atoms with Crippen molar-refractivity contribution in [2.45, 2.75) is 4.90 Å². The third-order valence-electron chi connectivity index (χ3n) is 4.08. The summed E-state index contributed by atoms with van der Waals surface area (Å²) in [6, 6.07) is 12.7. The lowest BCUT2D eigenvalue weighted by Gasteiger charge is -2.12. The summed E-state index contributed by atoms with van der Waals surface area (Å²) in [7, 11) is 1.53. The van der Waals surface area contributed by atoms with Crippen LogP contribution in [0.3, 0.4) is 0 Å². The smallest absolute Gasteiger partial charge is 0.192 e. The second kappa shape index (κ2) is 7.84. The number of nitriles is 1. The Kier molecular flexibility index (Phi) is 5.10. The largest absolute Gasteiger partial charge is 0.496 e. The van der Waals surface area contributed by atoms with E-state index in [9.17, 15) is 4.39 Å². The molecular formula is C20H13FN4OS2. The number of ether oxygens (including phenoxy) is 1. The molecule has 0 bridgehead atoms. The summed E-state index contributed by atoms with van der Waals surface area (Å²) in [5.41, 5.74) is 1.79. The fraction of sp³-hybridized carbons (Fsp3) is 0.0500. The number of hydrogen-bond acceptors (Lipinski definition) is 7. The molecule has 0 amide bonds. The number of hydrogen-bond donors (Lipinski definition) is 1. The van der Waals surface area contributed by atoms with Crippen LogP contribution in [0.15, 0.2) is 59.1 Å². The molecule has 0 aliphatic heterocycles. The number of benzene rings is 2. The van der Waals surface area contributed by atoms with E-state index in [0.717, 1.165) is 10.0 Å². The van der Waals surface area contributed by atoms with E-state index in [-0.39, 0.29) is 0 Å². The fourth-order valence-corrected chi connectivity index (χ4v) is 4.06. The van der Waals surface area contributed by atoms with Crippen molar-refractivity contribution in [2.75, 3.05) is 11.8 Å². The predicted molar refractivity (Wildman–Crippen MR) is 110 cm³/mol. The molecule has 138 valence electrons. The summed E-state index contributed by atoms with van der Waals surface area (Å²) in [6.45, 7) is 0. The van der Waals surface area contributed by atoms with Crippen LogP contribution < -0.4 is 9.46 Å². The molecule has 0 radical (unpaired) electrons. The highest BCUT2D eigenvalue weighted by molar-refractivity contribution is 8.00. The van der Waals surface area contributed by atoms with Gasteiger partial charge in [0.25, 0.3) is 0 Å². The summed E-state index contributed by atoms with van der Waals surface area (Å²) in [5.74, 6) is 0.117. The van der Waals surface area contributed by atoms with Crippen LogP contribution in [0.5, 0.6) is 5.75 Å². The van der Waals surface area contributed by atoms with Crippen LogP contribution in [-0.2, 0) is 0 Å². The standard InChI is InChI=1S/C20H13FN4OS2/c1-26-18-8-12(10-22)2-4-15(18)19-14-5-3-13(9-16(14)17(21)11-24-19)28-25-20-23-6-7-27-20/h2-9,11H,1H3,(H,23,25). The minimum atomic E-state index is -0.400. The van der Waals surface area contributed by atoms with Crippen molar-refractivity contribution in [1.29, 1.82) is 5.26 Å². The van der Waals surface area contributed by atoms with Gasteiger partial charge in [-0.25, -0.2) is 9.37 Å². The number of thiazole rings is 1. The van der Waals surface area contributed by atoms with E-state index in [4.69, 9.17) is 10.00 Å². The van der Waals surface area contributed by atoms with Crippen LogP contribution in [0.2, 0.25) is 0 Å². The monoisotopic (exact) mass is 408 g/mol. The number of pyridine rings is 1. The fourth-order valence-electron chi connectivity index (χ4n) is 2.80. The van der Waals surface area contributed by atoms with Gasteiger partial charge >= 0.3 is 0 Å². The molecule has 8 heteroatoms. The highest BCUT2D eigenvalue weighted by Crippen LogP contribution is 2.36. The average molecular weight is 408 g/mol. The molecule has 4 rings (SSSR count). The number of nitrogens with zero attached hydrogens (tertiary/aromatic N) is 3. The number of methoxy groups -OCH3 is 1. The van der Waals surface area contributed by atoms with E-state index >= 15 is 0 Å². The third-order valence-corrected chi connectivity index (χ3v) is 5.69. The first-order chi connectivity index (χ1) is 13.7. The van der Waals surface area contributed by atoms with Gasteiger partial charge in [0.1, 0.15) is 11.6 Å². The van der Waals surface area contributed by atoms with E-state index in [1.165, 1.54) is 36.6 Å². The van der Waals surface area contributed by atoms with Gasteiger partial charge in [0.05, 0.1) is 30.6 Å². The van der Waals surface area contributed by atoms with Crippen molar-refractivity contribution in [3.63, 3.8) is 0 Å². The van der Waals surface area contributed by atoms with Crippen molar-refractivity contribution in [1.82, 2.24) is 9.97 Å². The molecule has 2 heterocycles. The van der Waals surface area contributed by atoms with Gasteiger partial charge in [-0.1, -0.05) is 6.07 Å². The molecule has 0 saturated carbocycles. The molecule has 0 unspecified atom stereocenters. The van der Waals surface area contributed by atoms with E-state index < -0.39 is 5.82 Å². The molecule has 0 fully saturated rings. The summed E-state index contributed by atoms with van der Waals surface area (Å²) in [6.07, 6.45) is 2.93. The molecule has 1 N–H and O–H groups in total. The minimum Gasteiger partial charge on any atom is -0.496 e. The Morgan fingerprint density at radius 1 is 1.18 bits per heavy atom. The molecular weight excluding hydrogens is 395 g/mol. The highest BCUT2D eigenvalue weighted by Gasteiger charge is 2.15. The summed E-state index contributed by atoms with van der Waals surface area (Å²) in [4.78, 5) is 9.30. The zero-order valence-electron chi connectivity index (χ0n) is 14.6. The number of fused-ring (bicyclic) bond motifs is 1. The summed E-state index contributed by atoms with van der Waals surface area (Å²) >= 11 is 2.86. The van der Waals surface area contributed by atoms with Gasteiger partial charge in [0, 0.05) is 32.8 Å². The van der Waals surface area contributed by atoms with Crippen molar-refractivity contribution < 1.29 is 9.13 Å². The molecule has 0 aliphatic carbocycles. The van der Waals surface area contributed by atoms with E-state index in [0.29, 0.717) is 33.3 Å². The Morgan fingerprint density at radius 2 is 2.07 bits per heavy atom. The van der Waals surface area contributed by atoms with Crippen LogP contribution in [0.1, 0.15) is 5.56 Å². The Hall–Kier alpha value is -3.15. The number of aromatic nitrogens is 2. The number of halogens is 1. The minimum absolute atomic E-state index is 0.400. The van der Waals surface area contributed by atoms with Crippen LogP contribution in [0.4, 0.5) is 9.52 Å². The predicted octanol–water partition coefficient (Wildman–Crippen LogP) is 5.50.